The Balaban J connectivity index is 1.56. The molecular formula is C28H31FN4O. The van der Waals surface area contributed by atoms with Crippen molar-refractivity contribution in [2.45, 2.75) is 57.2 Å². The molecule has 0 bridgehead atoms. The predicted octanol–water partition coefficient (Wildman–Crippen LogP) is 5.25. The van der Waals surface area contributed by atoms with Crippen LogP contribution >= 0.6 is 0 Å². The molecule has 3 aliphatic rings. The number of urea groups is 1. The molecule has 3 aliphatic heterocycles. The molecule has 5 nitrogen and oxygen atoms in total. The van der Waals surface area contributed by atoms with E-state index in [1.54, 1.807) is 11.0 Å². The summed E-state index contributed by atoms with van der Waals surface area (Å²) in [6, 6.07) is 16.9. The van der Waals surface area contributed by atoms with Gasteiger partial charge >= 0.3 is 6.03 Å². The van der Waals surface area contributed by atoms with E-state index in [-0.39, 0.29) is 23.9 Å². The van der Waals surface area contributed by atoms with Crippen LogP contribution in [0.3, 0.4) is 0 Å². The summed E-state index contributed by atoms with van der Waals surface area (Å²) in [6.07, 6.45) is 3.55. The molecule has 0 saturated carbocycles. The van der Waals surface area contributed by atoms with Gasteiger partial charge in [-0.1, -0.05) is 42.3 Å². The molecule has 3 heterocycles. The minimum absolute atomic E-state index is 0.191. The largest absolute Gasteiger partial charge is 0.351 e. The first kappa shape index (κ1) is 22.6. The van der Waals surface area contributed by atoms with Gasteiger partial charge in [-0.3, -0.25) is 9.80 Å². The minimum Gasteiger partial charge on any atom is -0.351 e. The van der Waals surface area contributed by atoms with E-state index >= 15 is 0 Å². The van der Waals surface area contributed by atoms with Crippen molar-refractivity contribution in [1.29, 1.82) is 0 Å². The van der Waals surface area contributed by atoms with Gasteiger partial charge in [-0.05, 0) is 63.3 Å². The number of piperidine rings is 1. The van der Waals surface area contributed by atoms with Gasteiger partial charge in [0, 0.05) is 24.8 Å². The number of amidine groups is 1. The van der Waals surface area contributed by atoms with Crippen molar-refractivity contribution in [3.05, 3.63) is 66.0 Å². The summed E-state index contributed by atoms with van der Waals surface area (Å²) in [4.78, 5) is 24.7. The van der Waals surface area contributed by atoms with E-state index in [1.807, 2.05) is 19.1 Å². The van der Waals surface area contributed by atoms with Gasteiger partial charge in [0.25, 0.3) is 0 Å². The van der Waals surface area contributed by atoms with E-state index in [0.717, 1.165) is 44.6 Å². The van der Waals surface area contributed by atoms with Crippen LogP contribution in [0.15, 0.2) is 59.6 Å². The maximum Gasteiger partial charge on any atom is 0.350 e. The minimum atomic E-state index is -0.599. The third kappa shape index (κ3) is 3.88. The normalized spacial score (nSPS) is 27.1. The maximum absolute atomic E-state index is 14.3. The third-order valence-electron chi connectivity index (χ3n) is 7.54. The molecule has 0 N–H and O–H groups in total. The molecule has 5 rings (SSSR count). The lowest BCUT2D eigenvalue weighted by Gasteiger charge is -2.49. The van der Waals surface area contributed by atoms with Crippen molar-refractivity contribution in [3.8, 4) is 11.8 Å². The number of carbonyl (C=O) groups is 1. The molecule has 0 aromatic heterocycles. The lowest BCUT2D eigenvalue weighted by atomic mass is 9.80. The summed E-state index contributed by atoms with van der Waals surface area (Å²) < 4.78 is 14.3. The van der Waals surface area contributed by atoms with Gasteiger partial charge in [0.1, 0.15) is 17.2 Å². The number of carbonyl (C=O) groups excluding carboxylic acids is 1. The number of rotatable bonds is 3. The fourth-order valence-electron chi connectivity index (χ4n) is 5.96. The third-order valence-corrected chi connectivity index (χ3v) is 7.54. The number of aliphatic imine (C=N–C) groups is 1. The molecule has 2 saturated heterocycles. The first-order chi connectivity index (χ1) is 16.5. The Kier molecular flexibility index (Phi) is 6.14. The monoisotopic (exact) mass is 458 g/mol. The second-order valence-electron chi connectivity index (χ2n) is 9.53. The number of likely N-dealkylation sites (tertiary alicyclic amines) is 2. The van der Waals surface area contributed by atoms with Crippen LogP contribution in [0.5, 0.6) is 0 Å². The molecule has 3 atom stereocenters. The van der Waals surface area contributed by atoms with Crippen molar-refractivity contribution in [2.75, 3.05) is 24.5 Å². The zero-order valence-electron chi connectivity index (χ0n) is 19.9. The Morgan fingerprint density at radius 1 is 1.15 bits per heavy atom. The molecule has 2 amide bonds. The second kappa shape index (κ2) is 9.23. The van der Waals surface area contributed by atoms with Crippen LogP contribution < -0.4 is 4.90 Å². The van der Waals surface area contributed by atoms with Crippen LogP contribution in [-0.4, -0.2) is 52.9 Å². The van der Waals surface area contributed by atoms with Crippen molar-refractivity contribution in [2.24, 2.45) is 4.99 Å². The maximum atomic E-state index is 14.3. The topological polar surface area (TPSA) is 39.1 Å². The summed E-state index contributed by atoms with van der Waals surface area (Å²) in [5, 5.41) is 0. The van der Waals surface area contributed by atoms with Gasteiger partial charge in [-0.2, -0.15) is 4.99 Å². The lowest BCUT2D eigenvalue weighted by molar-refractivity contribution is 0.141. The summed E-state index contributed by atoms with van der Waals surface area (Å²) >= 11 is 0. The molecule has 2 aromatic carbocycles. The van der Waals surface area contributed by atoms with Crippen molar-refractivity contribution < 1.29 is 9.18 Å². The first-order valence-electron chi connectivity index (χ1n) is 12.2. The summed E-state index contributed by atoms with van der Waals surface area (Å²) in [5.74, 6) is 6.68. The van der Waals surface area contributed by atoms with Gasteiger partial charge in [0.05, 0.1) is 12.6 Å². The Bertz CT molecular complexity index is 1150. The Morgan fingerprint density at radius 2 is 1.97 bits per heavy atom. The van der Waals surface area contributed by atoms with Crippen molar-refractivity contribution in [3.63, 3.8) is 0 Å². The molecule has 6 heteroatoms. The second-order valence-corrected chi connectivity index (χ2v) is 9.53. The highest BCUT2D eigenvalue weighted by Crippen LogP contribution is 2.45. The van der Waals surface area contributed by atoms with Crippen LogP contribution in [0.25, 0.3) is 0 Å². The average Bonchev–Trinajstić information content (AvgIpc) is 3.42. The molecular weight excluding hydrogens is 427 g/mol. The van der Waals surface area contributed by atoms with Crippen molar-refractivity contribution >= 4 is 17.6 Å². The molecule has 176 valence electrons. The molecule has 2 aromatic rings. The zero-order chi connectivity index (χ0) is 23.7. The lowest BCUT2D eigenvalue weighted by Crippen LogP contribution is -2.63. The van der Waals surface area contributed by atoms with E-state index in [1.165, 1.54) is 17.7 Å². The Morgan fingerprint density at radius 3 is 2.71 bits per heavy atom. The van der Waals surface area contributed by atoms with Crippen LogP contribution in [-0.2, 0) is 0 Å². The number of halogens is 1. The molecule has 1 unspecified atom stereocenters. The van der Waals surface area contributed by atoms with Crippen LogP contribution in [0, 0.1) is 17.7 Å². The molecule has 2 fully saturated rings. The van der Waals surface area contributed by atoms with Gasteiger partial charge in [0.15, 0.2) is 0 Å². The van der Waals surface area contributed by atoms with E-state index in [2.05, 4.69) is 52.8 Å². The average molecular weight is 459 g/mol. The standard InChI is InChI=1S/C28H31FN4O/c1-3-4-16-31-18-15-28(20-21(31)2)26(30-27(34)33(28)24-13-8-12-23(29)19-24)32-17-9-14-25(32)22-10-6-5-7-11-22/h5-8,10-13,19,21,25H,9,14-18,20H2,1-2H3/t21-,25?,28+/m0/s1. The fourth-order valence-corrected chi connectivity index (χ4v) is 5.96. The molecule has 1 spiro atoms. The van der Waals surface area contributed by atoms with E-state index in [0.29, 0.717) is 12.2 Å². The highest BCUT2D eigenvalue weighted by Gasteiger charge is 2.56. The number of amides is 2. The first-order valence-corrected chi connectivity index (χ1v) is 12.2. The fraction of sp³-hybridized carbons (Fsp3) is 0.429. The van der Waals surface area contributed by atoms with Gasteiger partial charge in [-0.25, -0.2) is 9.18 Å². The number of benzene rings is 2. The Labute approximate surface area is 201 Å². The SMILES string of the molecule is CC#CCN1CC[C@@]2(C[C@@H]1C)C(N1CCCC1c1ccccc1)=NC(=O)N2c1cccc(F)c1. The van der Waals surface area contributed by atoms with E-state index in [9.17, 15) is 9.18 Å². The Hall–Kier alpha value is -3.17. The van der Waals surface area contributed by atoms with E-state index in [4.69, 9.17) is 4.99 Å². The van der Waals surface area contributed by atoms with Gasteiger partial charge in [0.2, 0.25) is 0 Å². The number of hydrogen-bond acceptors (Lipinski definition) is 3. The van der Waals surface area contributed by atoms with Gasteiger partial charge in [-0.15, -0.1) is 5.92 Å². The highest BCUT2D eigenvalue weighted by molar-refractivity contribution is 6.16. The number of hydrogen-bond donors (Lipinski definition) is 0. The summed E-state index contributed by atoms with van der Waals surface area (Å²) in [7, 11) is 0. The molecule has 0 radical (unpaired) electrons. The molecule has 34 heavy (non-hydrogen) atoms. The van der Waals surface area contributed by atoms with Crippen LogP contribution in [0.2, 0.25) is 0 Å². The van der Waals surface area contributed by atoms with Crippen LogP contribution in [0.4, 0.5) is 14.9 Å². The number of nitrogens with zero attached hydrogens (tertiary/aromatic N) is 4. The van der Waals surface area contributed by atoms with Crippen molar-refractivity contribution in [1.82, 2.24) is 9.80 Å². The smallest absolute Gasteiger partial charge is 0.350 e. The summed E-state index contributed by atoms with van der Waals surface area (Å²) in [5.41, 5.74) is 1.23. The van der Waals surface area contributed by atoms with Gasteiger partial charge < -0.3 is 4.90 Å². The zero-order valence-corrected chi connectivity index (χ0v) is 19.9. The summed E-state index contributed by atoms with van der Waals surface area (Å²) in [6.45, 7) is 6.44. The van der Waals surface area contributed by atoms with Crippen LogP contribution in [0.1, 0.15) is 51.1 Å². The van der Waals surface area contributed by atoms with E-state index < -0.39 is 5.54 Å². The molecule has 0 aliphatic carbocycles. The highest BCUT2D eigenvalue weighted by atomic mass is 19.1. The predicted molar refractivity (Wildman–Crippen MR) is 133 cm³/mol. The number of anilines is 1. The quantitative estimate of drug-likeness (QED) is 0.590.